The fraction of sp³-hybridized carbons (Fsp3) is 0.300. The molecule has 1 aliphatic rings. The van der Waals surface area contributed by atoms with E-state index in [0.29, 0.717) is 0 Å². The van der Waals surface area contributed by atoms with Gasteiger partial charge >= 0.3 is 0 Å². The Bertz CT molecular complexity index is 664. The largest absolute Gasteiger partial charge is 0.493 e. The highest BCUT2D eigenvalue weighted by atomic mass is 35.5. The second kappa shape index (κ2) is 8.19. The highest BCUT2D eigenvalue weighted by Gasteiger charge is 2.12. The first-order valence-corrected chi connectivity index (χ1v) is 7.87. The number of aryl methyl sites for hydroxylation is 1. The lowest BCUT2D eigenvalue weighted by Gasteiger charge is -2.15. The molecule has 3 heteroatoms. The summed E-state index contributed by atoms with van der Waals surface area (Å²) in [6.07, 6.45) is 5.45. The summed E-state index contributed by atoms with van der Waals surface area (Å²) in [5.74, 6) is 1.06. The average Bonchev–Trinajstić information content (AvgIpc) is 2.97. The van der Waals surface area contributed by atoms with Gasteiger partial charge < -0.3 is 4.74 Å². The second-order valence-corrected chi connectivity index (χ2v) is 6.05. The van der Waals surface area contributed by atoms with Crippen LogP contribution in [0.1, 0.15) is 22.3 Å². The van der Waals surface area contributed by atoms with Crippen molar-refractivity contribution in [2.75, 3.05) is 20.2 Å². The molecule has 122 valence electrons. The van der Waals surface area contributed by atoms with Crippen molar-refractivity contribution in [1.82, 2.24) is 4.90 Å². The van der Waals surface area contributed by atoms with Crippen LogP contribution in [-0.4, -0.2) is 25.1 Å². The monoisotopic (exact) mass is 329 g/mol. The van der Waals surface area contributed by atoms with Crippen LogP contribution >= 0.6 is 12.4 Å². The Morgan fingerprint density at radius 3 is 2.70 bits per heavy atom. The van der Waals surface area contributed by atoms with Gasteiger partial charge in [-0.3, -0.25) is 4.90 Å². The lowest BCUT2D eigenvalue weighted by Crippen LogP contribution is -2.17. The van der Waals surface area contributed by atoms with E-state index in [1.165, 1.54) is 22.3 Å². The lowest BCUT2D eigenvalue weighted by atomic mass is 10.1. The van der Waals surface area contributed by atoms with Crippen molar-refractivity contribution in [2.45, 2.75) is 19.9 Å². The van der Waals surface area contributed by atoms with Crippen molar-refractivity contribution in [3.05, 3.63) is 70.8 Å². The van der Waals surface area contributed by atoms with Gasteiger partial charge in [0.2, 0.25) is 0 Å². The third kappa shape index (κ3) is 4.85. The number of hydrogen-bond donors (Lipinski definition) is 0. The molecule has 0 N–H and O–H groups in total. The Labute approximate surface area is 145 Å². The SMILES string of the molecule is Cc1ccc(/C=C/CN(C)Cc2ccc3c(c2)CCO3)cc1.Cl. The molecule has 0 aliphatic carbocycles. The molecular formula is C20H24ClNO. The van der Waals surface area contributed by atoms with Crippen LogP contribution < -0.4 is 4.74 Å². The quantitative estimate of drug-likeness (QED) is 0.801. The highest BCUT2D eigenvalue weighted by Crippen LogP contribution is 2.26. The molecule has 1 aliphatic heterocycles. The predicted octanol–water partition coefficient (Wildman–Crippen LogP) is 4.50. The summed E-state index contributed by atoms with van der Waals surface area (Å²) >= 11 is 0. The molecule has 1 heterocycles. The van der Waals surface area contributed by atoms with Gasteiger partial charge in [0.05, 0.1) is 6.61 Å². The van der Waals surface area contributed by atoms with Crippen LogP contribution in [0.5, 0.6) is 5.75 Å². The number of hydrogen-bond acceptors (Lipinski definition) is 2. The van der Waals surface area contributed by atoms with Crippen LogP contribution in [0.3, 0.4) is 0 Å². The third-order valence-corrected chi connectivity index (χ3v) is 4.01. The fourth-order valence-corrected chi connectivity index (χ4v) is 2.76. The van der Waals surface area contributed by atoms with Gasteiger partial charge in [0.1, 0.15) is 5.75 Å². The van der Waals surface area contributed by atoms with Crippen LogP contribution in [0.25, 0.3) is 6.08 Å². The molecule has 0 saturated heterocycles. The standard InChI is InChI=1S/C20H23NO.ClH/c1-16-5-7-17(8-6-16)4-3-12-21(2)15-18-9-10-20-19(14-18)11-13-22-20;/h3-10,14H,11-13,15H2,1-2H3;1H/b4-3+;. The molecule has 3 rings (SSSR count). The van der Waals surface area contributed by atoms with E-state index in [9.17, 15) is 0 Å². The topological polar surface area (TPSA) is 12.5 Å². The Morgan fingerprint density at radius 2 is 1.91 bits per heavy atom. The molecular weight excluding hydrogens is 306 g/mol. The molecule has 2 nitrogen and oxygen atoms in total. The molecule has 0 fully saturated rings. The number of fused-ring (bicyclic) bond motifs is 1. The predicted molar refractivity (Wildman–Crippen MR) is 99.4 cm³/mol. The minimum Gasteiger partial charge on any atom is -0.493 e. The molecule has 0 bridgehead atoms. The Morgan fingerprint density at radius 1 is 1.13 bits per heavy atom. The van der Waals surface area contributed by atoms with Crippen molar-refractivity contribution in [3.8, 4) is 5.75 Å². The van der Waals surface area contributed by atoms with Crippen molar-refractivity contribution in [2.24, 2.45) is 0 Å². The molecule has 0 aromatic heterocycles. The van der Waals surface area contributed by atoms with Gasteiger partial charge in [0, 0.05) is 19.5 Å². The normalized spacial score (nSPS) is 13.0. The molecule has 2 aromatic rings. The zero-order valence-electron chi connectivity index (χ0n) is 13.8. The number of halogens is 1. The van der Waals surface area contributed by atoms with Gasteiger partial charge in [-0.15, -0.1) is 12.4 Å². The van der Waals surface area contributed by atoms with E-state index in [1.54, 1.807) is 0 Å². The van der Waals surface area contributed by atoms with E-state index >= 15 is 0 Å². The minimum atomic E-state index is 0. The summed E-state index contributed by atoms with van der Waals surface area (Å²) in [7, 11) is 2.16. The van der Waals surface area contributed by atoms with Crippen LogP contribution in [0.4, 0.5) is 0 Å². The molecule has 0 amide bonds. The fourth-order valence-electron chi connectivity index (χ4n) is 2.76. The number of rotatable bonds is 5. The molecule has 0 spiro atoms. The summed E-state index contributed by atoms with van der Waals surface area (Å²) in [5.41, 5.74) is 5.26. The van der Waals surface area contributed by atoms with Gasteiger partial charge in [-0.25, -0.2) is 0 Å². The molecule has 0 atom stereocenters. The molecule has 0 saturated carbocycles. The zero-order chi connectivity index (χ0) is 15.4. The number of ether oxygens (including phenoxy) is 1. The Balaban J connectivity index is 0.00000192. The number of likely N-dealkylation sites (N-methyl/N-ethyl adjacent to an activating group) is 1. The lowest BCUT2D eigenvalue weighted by molar-refractivity contribution is 0.356. The maximum atomic E-state index is 5.56. The summed E-state index contributed by atoms with van der Waals surface area (Å²) in [6, 6.07) is 15.2. The summed E-state index contributed by atoms with van der Waals surface area (Å²) in [5, 5.41) is 0. The van der Waals surface area contributed by atoms with Crippen molar-refractivity contribution in [1.29, 1.82) is 0 Å². The Kier molecular flexibility index (Phi) is 6.26. The Hall–Kier alpha value is -1.77. The van der Waals surface area contributed by atoms with E-state index in [1.807, 2.05) is 0 Å². The van der Waals surface area contributed by atoms with Crippen molar-refractivity contribution < 1.29 is 4.74 Å². The maximum absolute atomic E-state index is 5.56. The minimum absolute atomic E-state index is 0. The first-order chi connectivity index (χ1) is 10.7. The van der Waals surface area contributed by atoms with Crippen molar-refractivity contribution >= 4 is 18.5 Å². The molecule has 0 unspecified atom stereocenters. The van der Waals surface area contributed by atoms with Crippen LogP contribution in [-0.2, 0) is 13.0 Å². The number of benzene rings is 2. The summed E-state index contributed by atoms with van der Waals surface area (Å²) < 4.78 is 5.56. The first-order valence-electron chi connectivity index (χ1n) is 7.87. The smallest absolute Gasteiger partial charge is 0.122 e. The number of nitrogens with zero attached hydrogens (tertiary/aromatic N) is 1. The van der Waals surface area contributed by atoms with Gasteiger partial charge in [-0.05, 0) is 36.7 Å². The van der Waals surface area contributed by atoms with E-state index in [0.717, 1.165) is 31.9 Å². The molecule has 23 heavy (non-hydrogen) atoms. The van der Waals surface area contributed by atoms with Gasteiger partial charge in [-0.1, -0.05) is 54.1 Å². The van der Waals surface area contributed by atoms with E-state index in [2.05, 4.69) is 73.5 Å². The van der Waals surface area contributed by atoms with Gasteiger partial charge in [0.25, 0.3) is 0 Å². The maximum Gasteiger partial charge on any atom is 0.122 e. The molecule has 2 aromatic carbocycles. The van der Waals surface area contributed by atoms with Crippen molar-refractivity contribution in [3.63, 3.8) is 0 Å². The van der Waals surface area contributed by atoms with E-state index in [-0.39, 0.29) is 12.4 Å². The average molecular weight is 330 g/mol. The first kappa shape index (κ1) is 17.6. The highest BCUT2D eigenvalue weighted by molar-refractivity contribution is 5.85. The third-order valence-electron chi connectivity index (χ3n) is 4.01. The van der Waals surface area contributed by atoms with Gasteiger partial charge in [0.15, 0.2) is 0 Å². The second-order valence-electron chi connectivity index (χ2n) is 6.05. The summed E-state index contributed by atoms with van der Waals surface area (Å²) in [4.78, 5) is 2.32. The van der Waals surface area contributed by atoms with Crippen LogP contribution in [0.15, 0.2) is 48.5 Å². The van der Waals surface area contributed by atoms with E-state index < -0.39 is 0 Å². The molecule has 0 radical (unpaired) electrons. The van der Waals surface area contributed by atoms with Gasteiger partial charge in [-0.2, -0.15) is 0 Å². The summed E-state index contributed by atoms with van der Waals surface area (Å²) in [6.45, 7) is 4.85. The van der Waals surface area contributed by atoms with Crippen LogP contribution in [0, 0.1) is 6.92 Å². The van der Waals surface area contributed by atoms with E-state index in [4.69, 9.17) is 4.74 Å². The zero-order valence-corrected chi connectivity index (χ0v) is 14.6. The van der Waals surface area contributed by atoms with Crippen LogP contribution in [0.2, 0.25) is 0 Å².